The summed E-state index contributed by atoms with van der Waals surface area (Å²) in [6.45, 7) is 5.47. The van der Waals surface area contributed by atoms with Gasteiger partial charge in [0.25, 0.3) is 0 Å². The highest BCUT2D eigenvalue weighted by atomic mass is 14.9. The molecular formula is C19H25N. The van der Waals surface area contributed by atoms with Crippen molar-refractivity contribution in [2.75, 3.05) is 6.54 Å². The SMILES string of the molecule is CCCC(NCC)C(c1ccccc1)c1ccccc1. The highest BCUT2D eigenvalue weighted by molar-refractivity contribution is 5.34. The summed E-state index contributed by atoms with van der Waals surface area (Å²) >= 11 is 0. The third kappa shape index (κ3) is 3.71. The lowest BCUT2D eigenvalue weighted by molar-refractivity contribution is 0.445. The molecule has 1 N–H and O–H groups in total. The van der Waals surface area contributed by atoms with Crippen molar-refractivity contribution in [2.45, 2.75) is 38.6 Å². The lowest BCUT2D eigenvalue weighted by atomic mass is 9.83. The smallest absolute Gasteiger partial charge is 0.0243 e. The van der Waals surface area contributed by atoms with E-state index in [-0.39, 0.29) is 0 Å². The van der Waals surface area contributed by atoms with Crippen LogP contribution in [-0.2, 0) is 0 Å². The van der Waals surface area contributed by atoms with Gasteiger partial charge in [0.2, 0.25) is 0 Å². The third-order valence-electron chi connectivity index (χ3n) is 3.79. The molecule has 0 radical (unpaired) electrons. The van der Waals surface area contributed by atoms with E-state index < -0.39 is 0 Å². The molecule has 1 heteroatoms. The maximum Gasteiger partial charge on any atom is 0.0243 e. The standard InChI is InChI=1S/C19H25N/c1-3-11-18(20-4-2)19(16-12-7-5-8-13-16)17-14-9-6-10-15-17/h5-10,12-15,18-20H,3-4,11H2,1-2H3. The van der Waals surface area contributed by atoms with Crippen LogP contribution < -0.4 is 5.32 Å². The summed E-state index contributed by atoms with van der Waals surface area (Å²) in [5.41, 5.74) is 2.80. The van der Waals surface area contributed by atoms with Gasteiger partial charge in [0.1, 0.15) is 0 Å². The molecule has 1 atom stereocenters. The zero-order valence-electron chi connectivity index (χ0n) is 12.5. The maximum absolute atomic E-state index is 3.68. The van der Waals surface area contributed by atoms with E-state index in [2.05, 4.69) is 79.8 Å². The lowest BCUT2D eigenvalue weighted by Crippen LogP contribution is -2.35. The first-order valence-corrected chi connectivity index (χ1v) is 7.70. The Balaban J connectivity index is 2.38. The fraction of sp³-hybridized carbons (Fsp3) is 0.368. The van der Waals surface area contributed by atoms with E-state index in [1.54, 1.807) is 0 Å². The van der Waals surface area contributed by atoms with E-state index in [1.165, 1.54) is 24.0 Å². The topological polar surface area (TPSA) is 12.0 Å². The molecule has 0 spiro atoms. The largest absolute Gasteiger partial charge is 0.313 e. The Morgan fingerprint density at radius 3 is 1.70 bits per heavy atom. The molecule has 0 fully saturated rings. The van der Waals surface area contributed by atoms with Crippen molar-refractivity contribution in [3.63, 3.8) is 0 Å². The third-order valence-corrected chi connectivity index (χ3v) is 3.79. The van der Waals surface area contributed by atoms with Crippen molar-refractivity contribution in [3.8, 4) is 0 Å². The molecule has 0 heterocycles. The highest BCUT2D eigenvalue weighted by Crippen LogP contribution is 2.30. The van der Waals surface area contributed by atoms with Gasteiger partial charge in [-0.05, 0) is 24.1 Å². The fourth-order valence-electron chi connectivity index (χ4n) is 2.94. The summed E-state index contributed by atoms with van der Waals surface area (Å²) in [6.07, 6.45) is 2.40. The summed E-state index contributed by atoms with van der Waals surface area (Å²) in [5, 5.41) is 3.68. The molecular weight excluding hydrogens is 242 g/mol. The first kappa shape index (κ1) is 14.8. The van der Waals surface area contributed by atoms with Crippen molar-refractivity contribution in [1.82, 2.24) is 5.32 Å². The van der Waals surface area contributed by atoms with Crippen molar-refractivity contribution >= 4 is 0 Å². The molecule has 2 rings (SSSR count). The number of hydrogen-bond acceptors (Lipinski definition) is 1. The second kappa shape index (κ2) is 7.86. The minimum atomic E-state index is 0.428. The second-order valence-electron chi connectivity index (χ2n) is 5.25. The summed E-state index contributed by atoms with van der Waals surface area (Å²) in [4.78, 5) is 0. The average molecular weight is 267 g/mol. The van der Waals surface area contributed by atoms with Crippen LogP contribution in [0.2, 0.25) is 0 Å². The molecule has 0 aliphatic rings. The van der Waals surface area contributed by atoms with Gasteiger partial charge < -0.3 is 5.32 Å². The van der Waals surface area contributed by atoms with Crippen LogP contribution in [0.15, 0.2) is 60.7 Å². The number of hydrogen-bond donors (Lipinski definition) is 1. The van der Waals surface area contributed by atoms with E-state index in [0.29, 0.717) is 12.0 Å². The van der Waals surface area contributed by atoms with Gasteiger partial charge >= 0.3 is 0 Å². The molecule has 2 aromatic rings. The van der Waals surface area contributed by atoms with Crippen molar-refractivity contribution in [3.05, 3.63) is 71.8 Å². The molecule has 0 amide bonds. The van der Waals surface area contributed by atoms with Crippen LogP contribution in [0.5, 0.6) is 0 Å². The van der Waals surface area contributed by atoms with Crippen LogP contribution in [0.1, 0.15) is 43.7 Å². The molecule has 20 heavy (non-hydrogen) atoms. The predicted octanol–water partition coefficient (Wildman–Crippen LogP) is 4.60. The monoisotopic (exact) mass is 267 g/mol. The van der Waals surface area contributed by atoms with Gasteiger partial charge in [-0.3, -0.25) is 0 Å². The quantitative estimate of drug-likeness (QED) is 0.773. The summed E-state index contributed by atoms with van der Waals surface area (Å²) < 4.78 is 0. The molecule has 106 valence electrons. The predicted molar refractivity (Wildman–Crippen MR) is 87.1 cm³/mol. The highest BCUT2D eigenvalue weighted by Gasteiger charge is 2.23. The van der Waals surface area contributed by atoms with E-state index in [4.69, 9.17) is 0 Å². The minimum Gasteiger partial charge on any atom is -0.313 e. The molecule has 0 saturated heterocycles. The zero-order chi connectivity index (χ0) is 14.2. The normalized spacial score (nSPS) is 12.6. The summed E-state index contributed by atoms with van der Waals surface area (Å²) in [6, 6.07) is 22.2. The zero-order valence-corrected chi connectivity index (χ0v) is 12.5. The Morgan fingerprint density at radius 1 is 0.800 bits per heavy atom. The van der Waals surface area contributed by atoms with Crippen LogP contribution in [0, 0.1) is 0 Å². The van der Waals surface area contributed by atoms with Gasteiger partial charge in [-0.15, -0.1) is 0 Å². The molecule has 0 aliphatic carbocycles. The van der Waals surface area contributed by atoms with Crippen molar-refractivity contribution in [1.29, 1.82) is 0 Å². The Hall–Kier alpha value is -1.60. The van der Waals surface area contributed by atoms with E-state index in [1.807, 2.05) is 0 Å². The van der Waals surface area contributed by atoms with Crippen LogP contribution in [-0.4, -0.2) is 12.6 Å². The van der Waals surface area contributed by atoms with Gasteiger partial charge in [0, 0.05) is 12.0 Å². The van der Waals surface area contributed by atoms with E-state index >= 15 is 0 Å². The number of rotatable bonds is 7. The summed E-state index contributed by atoms with van der Waals surface area (Å²) in [5.74, 6) is 0.428. The molecule has 0 aromatic heterocycles. The first-order valence-electron chi connectivity index (χ1n) is 7.70. The molecule has 0 bridgehead atoms. The number of benzene rings is 2. The Kier molecular flexibility index (Phi) is 5.82. The maximum atomic E-state index is 3.68. The molecule has 0 aliphatic heterocycles. The van der Waals surface area contributed by atoms with Crippen LogP contribution in [0.25, 0.3) is 0 Å². The average Bonchev–Trinajstić information content (AvgIpc) is 2.50. The number of likely N-dealkylation sites (N-methyl/N-ethyl adjacent to an activating group) is 1. The lowest BCUT2D eigenvalue weighted by Gasteiger charge is -2.28. The van der Waals surface area contributed by atoms with Gasteiger partial charge in [-0.1, -0.05) is 80.9 Å². The number of nitrogens with one attached hydrogen (secondary N) is 1. The molecule has 2 aromatic carbocycles. The van der Waals surface area contributed by atoms with Gasteiger partial charge in [-0.2, -0.15) is 0 Å². The van der Waals surface area contributed by atoms with E-state index in [9.17, 15) is 0 Å². The first-order chi connectivity index (χ1) is 9.86. The van der Waals surface area contributed by atoms with Gasteiger partial charge in [0.05, 0.1) is 0 Å². The van der Waals surface area contributed by atoms with Crippen LogP contribution in [0.3, 0.4) is 0 Å². The molecule has 1 nitrogen and oxygen atoms in total. The molecule has 0 saturated carbocycles. The van der Waals surface area contributed by atoms with Crippen molar-refractivity contribution in [2.24, 2.45) is 0 Å². The Labute approximate surface area is 123 Å². The molecule has 1 unspecified atom stereocenters. The van der Waals surface area contributed by atoms with Crippen LogP contribution >= 0.6 is 0 Å². The van der Waals surface area contributed by atoms with Gasteiger partial charge in [-0.25, -0.2) is 0 Å². The second-order valence-corrected chi connectivity index (χ2v) is 5.25. The Morgan fingerprint density at radius 2 is 1.30 bits per heavy atom. The minimum absolute atomic E-state index is 0.428. The fourth-order valence-corrected chi connectivity index (χ4v) is 2.94. The summed E-state index contributed by atoms with van der Waals surface area (Å²) in [7, 11) is 0. The van der Waals surface area contributed by atoms with Gasteiger partial charge in [0.15, 0.2) is 0 Å². The van der Waals surface area contributed by atoms with Crippen LogP contribution in [0.4, 0.5) is 0 Å². The van der Waals surface area contributed by atoms with E-state index in [0.717, 1.165) is 6.54 Å². The Bertz CT molecular complexity index is 432. The van der Waals surface area contributed by atoms with Crippen molar-refractivity contribution < 1.29 is 0 Å².